The van der Waals surface area contributed by atoms with E-state index >= 15 is 0 Å². The molecule has 3 N–H and O–H groups in total. The third-order valence-corrected chi connectivity index (χ3v) is 2.97. The number of hydrogen-bond donors (Lipinski definition) is 3. The topological polar surface area (TPSA) is 78.4 Å². The van der Waals surface area contributed by atoms with Gasteiger partial charge in [0.05, 0.1) is 0 Å². The average molecular weight is 318 g/mol. The summed E-state index contributed by atoms with van der Waals surface area (Å²) >= 11 is 0. The number of aliphatic hydroxyl groups is 1. The molecule has 2 amide bonds. The first-order valence-electron chi connectivity index (χ1n) is 6.51. The number of anilines is 1. The van der Waals surface area contributed by atoms with Gasteiger partial charge in [-0.15, -0.1) is 0 Å². The number of carbonyl (C=O) groups is 2. The van der Waals surface area contributed by atoms with Gasteiger partial charge in [-0.3, -0.25) is 9.59 Å². The first-order valence-corrected chi connectivity index (χ1v) is 6.51. The molecule has 0 radical (unpaired) electrons. The molecule has 8 heteroatoms. The number of carbonyl (C=O) groups excluding carboxylic acids is 2. The van der Waals surface area contributed by atoms with Gasteiger partial charge in [-0.1, -0.05) is 13.8 Å². The van der Waals surface area contributed by atoms with E-state index in [0.29, 0.717) is 18.6 Å². The summed E-state index contributed by atoms with van der Waals surface area (Å²) in [6, 6.07) is 0.780. The summed E-state index contributed by atoms with van der Waals surface area (Å²) in [7, 11) is 0. The van der Waals surface area contributed by atoms with Crippen molar-refractivity contribution < 1.29 is 27.9 Å². The molecule has 1 aromatic carbocycles. The van der Waals surface area contributed by atoms with Crippen molar-refractivity contribution in [2.75, 3.05) is 18.5 Å². The van der Waals surface area contributed by atoms with Crippen molar-refractivity contribution in [1.82, 2.24) is 5.32 Å². The van der Waals surface area contributed by atoms with Gasteiger partial charge in [-0.2, -0.15) is 0 Å². The highest BCUT2D eigenvalue weighted by Gasteiger charge is 2.23. The number of halogens is 3. The van der Waals surface area contributed by atoms with Gasteiger partial charge in [0, 0.05) is 25.3 Å². The smallest absolute Gasteiger partial charge is 0.313 e. The van der Waals surface area contributed by atoms with Crippen molar-refractivity contribution in [3.63, 3.8) is 0 Å². The maximum absolute atomic E-state index is 13.4. The molecule has 0 aliphatic rings. The molecule has 0 unspecified atom stereocenters. The third kappa shape index (κ3) is 5.03. The summed E-state index contributed by atoms with van der Waals surface area (Å²) in [5.41, 5.74) is -1.34. The van der Waals surface area contributed by atoms with E-state index < -0.39 is 40.4 Å². The molecule has 0 aliphatic carbocycles. The highest BCUT2D eigenvalue weighted by atomic mass is 19.1. The van der Waals surface area contributed by atoms with E-state index in [9.17, 15) is 22.8 Å². The second kappa shape index (κ2) is 7.26. The lowest BCUT2D eigenvalue weighted by Gasteiger charge is -2.23. The minimum absolute atomic E-state index is 0.0823. The fourth-order valence-corrected chi connectivity index (χ4v) is 1.62. The Bertz CT molecular complexity index is 553. The fourth-order valence-electron chi connectivity index (χ4n) is 1.62. The Morgan fingerprint density at radius 1 is 1.14 bits per heavy atom. The van der Waals surface area contributed by atoms with Crippen LogP contribution in [-0.2, 0) is 9.59 Å². The van der Waals surface area contributed by atoms with Crippen molar-refractivity contribution in [2.24, 2.45) is 5.41 Å². The molecule has 0 spiro atoms. The van der Waals surface area contributed by atoms with Crippen molar-refractivity contribution in [2.45, 2.75) is 20.3 Å². The molecule has 0 bridgehead atoms. The van der Waals surface area contributed by atoms with Crippen LogP contribution in [0.25, 0.3) is 0 Å². The quantitative estimate of drug-likeness (QED) is 0.721. The number of aliphatic hydroxyl groups excluding tert-OH is 1. The highest BCUT2D eigenvalue weighted by molar-refractivity contribution is 6.39. The Hall–Kier alpha value is -2.09. The summed E-state index contributed by atoms with van der Waals surface area (Å²) in [6.45, 7) is 3.54. The molecule has 1 rings (SSSR count). The Kier molecular flexibility index (Phi) is 5.92. The maximum Gasteiger partial charge on any atom is 0.313 e. The number of hydrogen-bond acceptors (Lipinski definition) is 3. The van der Waals surface area contributed by atoms with Gasteiger partial charge >= 0.3 is 11.8 Å². The Balaban J connectivity index is 2.68. The van der Waals surface area contributed by atoms with Crippen molar-refractivity contribution >= 4 is 17.5 Å². The van der Waals surface area contributed by atoms with Gasteiger partial charge in [0.1, 0.15) is 11.5 Å². The van der Waals surface area contributed by atoms with Crippen LogP contribution in [0.4, 0.5) is 18.9 Å². The minimum Gasteiger partial charge on any atom is -0.396 e. The van der Waals surface area contributed by atoms with Crippen LogP contribution in [-0.4, -0.2) is 30.1 Å². The van der Waals surface area contributed by atoms with Crippen LogP contribution in [0.15, 0.2) is 12.1 Å². The number of benzene rings is 1. The lowest BCUT2D eigenvalue weighted by Crippen LogP contribution is -2.41. The molecule has 1 aromatic rings. The maximum atomic E-state index is 13.4. The van der Waals surface area contributed by atoms with Gasteiger partial charge in [0.2, 0.25) is 0 Å². The first-order chi connectivity index (χ1) is 10.2. The zero-order valence-corrected chi connectivity index (χ0v) is 12.2. The average Bonchev–Trinajstić information content (AvgIpc) is 2.39. The largest absolute Gasteiger partial charge is 0.396 e. The first kappa shape index (κ1) is 18.0. The van der Waals surface area contributed by atoms with Crippen LogP contribution < -0.4 is 10.6 Å². The van der Waals surface area contributed by atoms with Crippen molar-refractivity contribution in [3.8, 4) is 0 Å². The molecule has 0 saturated heterocycles. The van der Waals surface area contributed by atoms with Crippen LogP contribution in [0.3, 0.4) is 0 Å². The van der Waals surface area contributed by atoms with Gasteiger partial charge in [0.15, 0.2) is 11.6 Å². The zero-order chi connectivity index (χ0) is 16.9. The molecule has 22 heavy (non-hydrogen) atoms. The van der Waals surface area contributed by atoms with Crippen molar-refractivity contribution in [3.05, 3.63) is 29.6 Å². The van der Waals surface area contributed by atoms with E-state index in [4.69, 9.17) is 5.11 Å². The highest BCUT2D eigenvalue weighted by Crippen LogP contribution is 2.20. The van der Waals surface area contributed by atoms with E-state index in [2.05, 4.69) is 5.32 Å². The predicted octanol–water partition coefficient (Wildman–Crippen LogP) is 1.57. The van der Waals surface area contributed by atoms with Crippen LogP contribution in [0.5, 0.6) is 0 Å². The molecule has 122 valence electrons. The standard InChI is InChI=1S/C14H17F3N2O3/c1-14(2,3-4-20)7-18-12(21)13(22)19-11-9(16)5-8(15)6-10(11)17/h5-6,20H,3-4,7H2,1-2H3,(H,18,21)(H,19,22). The normalized spacial score (nSPS) is 11.2. The molecule has 0 heterocycles. The second-order valence-corrected chi connectivity index (χ2v) is 5.52. The van der Waals surface area contributed by atoms with E-state index in [1.54, 1.807) is 19.2 Å². The second-order valence-electron chi connectivity index (χ2n) is 5.52. The van der Waals surface area contributed by atoms with Crippen molar-refractivity contribution in [1.29, 1.82) is 0 Å². The molecule has 0 fully saturated rings. The lowest BCUT2D eigenvalue weighted by atomic mass is 9.90. The minimum atomic E-state index is -1.32. The van der Waals surface area contributed by atoms with E-state index in [1.807, 2.05) is 0 Å². The van der Waals surface area contributed by atoms with Crippen LogP contribution >= 0.6 is 0 Å². The van der Waals surface area contributed by atoms with Crippen LogP contribution in [0.2, 0.25) is 0 Å². The molecule has 5 nitrogen and oxygen atoms in total. The lowest BCUT2D eigenvalue weighted by molar-refractivity contribution is -0.136. The van der Waals surface area contributed by atoms with Gasteiger partial charge in [0.25, 0.3) is 0 Å². The molecule has 0 saturated carbocycles. The molecule has 0 aromatic heterocycles. The summed E-state index contributed by atoms with van der Waals surface area (Å²) in [5.74, 6) is -6.14. The van der Waals surface area contributed by atoms with E-state index in [-0.39, 0.29) is 13.2 Å². The van der Waals surface area contributed by atoms with E-state index in [1.165, 1.54) is 0 Å². The Labute approximate surface area is 125 Å². The molecule has 0 atom stereocenters. The molecule has 0 aliphatic heterocycles. The van der Waals surface area contributed by atoms with E-state index in [0.717, 1.165) is 0 Å². The van der Waals surface area contributed by atoms with Gasteiger partial charge in [-0.05, 0) is 11.8 Å². The fraction of sp³-hybridized carbons (Fsp3) is 0.429. The van der Waals surface area contributed by atoms with Crippen LogP contribution in [0, 0.1) is 22.9 Å². The summed E-state index contributed by atoms with van der Waals surface area (Å²) in [4.78, 5) is 23.2. The molecular weight excluding hydrogens is 301 g/mol. The number of nitrogens with one attached hydrogen (secondary N) is 2. The SMILES string of the molecule is CC(C)(CCO)CNC(=O)C(=O)Nc1c(F)cc(F)cc1F. The monoisotopic (exact) mass is 318 g/mol. The van der Waals surface area contributed by atoms with Gasteiger partial charge in [-0.25, -0.2) is 13.2 Å². The Morgan fingerprint density at radius 2 is 1.68 bits per heavy atom. The predicted molar refractivity (Wildman–Crippen MR) is 73.4 cm³/mol. The zero-order valence-electron chi connectivity index (χ0n) is 12.2. The molecular formula is C14H17F3N2O3. The van der Waals surface area contributed by atoms with Gasteiger partial charge < -0.3 is 15.7 Å². The summed E-state index contributed by atoms with van der Waals surface area (Å²) in [5, 5.41) is 12.9. The summed E-state index contributed by atoms with van der Waals surface area (Å²) in [6.07, 6.45) is 0.399. The van der Waals surface area contributed by atoms with Crippen LogP contribution in [0.1, 0.15) is 20.3 Å². The Morgan fingerprint density at radius 3 is 2.18 bits per heavy atom. The summed E-state index contributed by atoms with van der Waals surface area (Å²) < 4.78 is 39.4. The third-order valence-electron chi connectivity index (χ3n) is 2.97. The number of amides is 2. The number of rotatable bonds is 5.